The summed E-state index contributed by atoms with van der Waals surface area (Å²) in [7, 11) is 0. The molecule has 1 aliphatic carbocycles. The quantitative estimate of drug-likeness (QED) is 0.193. The van der Waals surface area contributed by atoms with Crippen molar-refractivity contribution in [3.8, 4) is 0 Å². The van der Waals surface area contributed by atoms with Crippen molar-refractivity contribution in [1.29, 1.82) is 0 Å². The van der Waals surface area contributed by atoms with Crippen molar-refractivity contribution < 1.29 is 24.1 Å². The zero-order valence-electron chi connectivity index (χ0n) is 17.5. The van der Waals surface area contributed by atoms with Crippen LogP contribution in [0.5, 0.6) is 0 Å². The summed E-state index contributed by atoms with van der Waals surface area (Å²) in [5.41, 5.74) is -0.100. The number of ketones is 1. The number of benzene rings is 2. The first-order chi connectivity index (χ1) is 16.2. The summed E-state index contributed by atoms with van der Waals surface area (Å²) in [6, 6.07) is 8.87. The molecule has 1 fully saturated rings. The lowest BCUT2D eigenvalue weighted by atomic mass is 9.85. The number of hydrazine groups is 1. The molecule has 2 aromatic carbocycles. The molecule has 0 aromatic heterocycles. The van der Waals surface area contributed by atoms with Gasteiger partial charge in [0.2, 0.25) is 0 Å². The molecule has 1 aliphatic heterocycles. The highest BCUT2D eigenvalue weighted by Crippen LogP contribution is 2.36. The number of hydrogen-bond donors (Lipinski definition) is 0. The molecule has 0 unspecified atom stereocenters. The van der Waals surface area contributed by atoms with Gasteiger partial charge in [0, 0.05) is 23.3 Å². The maximum atomic E-state index is 13.4. The third-order valence-corrected chi connectivity index (χ3v) is 6.56. The van der Waals surface area contributed by atoms with E-state index in [0.717, 1.165) is 22.2 Å². The van der Waals surface area contributed by atoms with Gasteiger partial charge < -0.3 is 0 Å². The molecule has 1 heterocycles. The van der Waals surface area contributed by atoms with Gasteiger partial charge >= 0.3 is 0 Å². The van der Waals surface area contributed by atoms with E-state index in [1.165, 1.54) is 30.3 Å². The first-order valence-corrected chi connectivity index (χ1v) is 11.0. The van der Waals surface area contributed by atoms with E-state index in [9.17, 15) is 29.3 Å². The second-order valence-corrected chi connectivity index (χ2v) is 8.68. The van der Waals surface area contributed by atoms with E-state index in [-0.39, 0.29) is 26.9 Å². The van der Waals surface area contributed by atoms with Gasteiger partial charge in [-0.3, -0.25) is 29.3 Å². The van der Waals surface area contributed by atoms with Crippen LogP contribution in [-0.2, 0) is 9.59 Å². The Hall–Kier alpha value is -3.56. The Labute approximate surface area is 203 Å². The zero-order valence-corrected chi connectivity index (χ0v) is 19.0. The third kappa shape index (κ3) is 4.32. The Bertz CT molecular complexity index is 1220. The SMILES string of the molecule is O=C(CN(C(=O)c1ccc(Cl)c(Cl)c1)N1C(=O)[C@H]2CC=CC[C@@H]2C1=O)c1ccc([N+](=O)[O-])cc1. The van der Waals surface area contributed by atoms with Gasteiger partial charge in [-0.15, -0.1) is 0 Å². The average Bonchev–Trinajstić information content (AvgIpc) is 3.09. The van der Waals surface area contributed by atoms with Crippen molar-refractivity contribution in [2.75, 3.05) is 6.54 Å². The van der Waals surface area contributed by atoms with Crippen molar-refractivity contribution in [3.63, 3.8) is 0 Å². The molecule has 2 aromatic rings. The Balaban J connectivity index is 1.69. The molecule has 0 spiro atoms. The first kappa shape index (κ1) is 23.6. The van der Waals surface area contributed by atoms with Crippen molar-refractivity contribution in [2.24, 2.45) is 11.8 Å². The van der Waals surface area contributed by atoms with Crippen LogP contribution < -0.4 is 0 Å². The topological polar surface area (TPSA) is 118 Å². The molecule has 174 valence electrons. The largest absolute Gasteiger partial charge is 0.292 e. The van der Waals surface area contributed by atoms with Crippen LogP contribution >= 0.6 is 23.2 Å². The van der Waals surface area contributed by atoms with Gasteiger partial charge in [0.05, 0.1) is 26.8 Å². The summed E-state index contributed by atoms with van der Waals surface area (Å²) in [5.74, 6) is -3.76. The fourth-order valence-corrected chi connectivity index (χ4v) is 4.33. The van der Waals surface area contributed by atoms with Gasteiger partial charge in [0.15, 0.2) is 5.78 Å². The van der Waals surface area contributed by atoms with Gasteiger partial charge in [0.1, 0.15) is 6.54 Å². The van der Waals surface area contributed by atoms with Crippen molar-refractivity contribution >= 4 is 52.4 Å². The van der Waals surface area contributed by atoms with Gasteiger partial charge in [-0.25, -0.2) is 5.01 Å². The number of nitro benzene ring substituents is 1. The second kappa shape index (κ2) is 9.36. The van der Waals surface area contributed by atoms with E-state index in [2.05, 4.69) is 0 Å². The second-order valence-electron chi connectivity index (χ2n) is 7.86. The Kier molecular flexibility index (Phi) is 6.49. The number of hydrogen-bond acceptors (Lipinski definition) is 6. The minimum absolute atomic E-state index is 0.0273. The number of carbonyl (C=O) groups is 4. The van der Waals surface area contributed by atoms with Crippen LogP contribution in [0.3, 0.4) is 0 Å². The Morgan fingerprint density at radius 1 is 0.941 bits per heavy atom. The predicted octanol–water partition coefficient (Wildman–Crippen LogP) is 4.09. The number of Topliss-reactive ketones (excluding diaryl/α,β-unsaturated/α-hetero) is 1. The van der Waals surface area contributed by atoms with Gasteiger partial charge in [-0.1, -0.05) is 35.4 Å². The van der Waals surface area contributed by atoms with Crippen LogP contribution in [0.25, 0.3) is 0 Å². The number of non-ortho nitro benzene ring substituents is 1. The zero-order chi connectivity index (χ0) is 24.6. The number of amides is 3. The monoisotopic (exact) mass is 501 g/mol. The molecule has 3 amide bonds. The molecule has 34 heavy (non-hydrogen) atoms. The number of imide groups is 1. The van der Waals surface area contributed by atoms with Gasteiger partial charge in [-0.2, -0.15) is 5.01 Å². The fraction of sp³-hybridized carbons (Fsp3) is 0.217. The molecule has 1 saturated heterocycles. The number of nitrogens with zero attached hydrogens (tertiary/aromatic N) is 3. The lowest BCUT2D eigenvalue weighted by Crippen LogP contribution is -2.52. The normalized spacial score (nSPS) is 19.2. The Morgan fingerprint density at radius 2 is 1.50 bits per heavy atom. The molecule has 2 aliphatic rings. The van der Waals surface area contributed by atoms with E-state index in [1.54, 1.807) is 0 Å². The molecular weight excluding hydrogens is 485 g/mol. The smallest absolute Gasteiger partial charge is 0.273 e. The van der Waals surface area contributed by atoms with E-state index in [4.69, 9.17) is 23.2 Å². The van der Waals surface area contributed by atoms with E-state index >= 15 is 0 Å². The van der Waals surface area contributed by atoms with E-state index in [0.29, 0.717) is 12.8 Å². The molecule has 9 nitrogen and oxygen atoms in total. The molecule has 0 radical (unpaired) electrons. The van der Waals surface area contributed by atoms with E-state index in [1.807, 2.05) is 12.2 Å². The van der Waals surface area contributed by atoms with Crippen molar-refractivity contribution in [1.82, 2.24) is 10.0 Å². The van der Waals surface area contributed by atoms with Crippen LogP contribution in [-0.4, -0.2) is 45.0 Å². The summed E-state index contributed by atoms with van der Waals surface area (Å²) in [6.07, 6.45) is 4.33. The number of nitro groups is 1. The molecule has 0 bridgehead atoms. The highest BCUT2D eigenvalue weighted by Gasteiger charge is 2.51. The summed E-state index contributed by atoms with van der Waals surface area (Å²) < 4.78 is 0. The summed E-state index contributed by atoms with van der Waals surface area (Å²) >= 11 is 12.0. The highest BCUT2D eigenvalue weighted by molar-refractivity contribution is 6.42. The highest BCUT2D eigenvalue weighted by atomic mass is 35.5. The molecule has 2 atom stereocenters. The van der Waals surface area contributed by atoms with E-state index < -0.39 is 46.8 Å². The van der Waals surface area contributed by atoms with Crippen LogP contribution in [0.1, 0.15) is 33.6 Å². The van der Waals surface area contributed by atoms with Crippen molar-refractivity contribution in [3.05, 3.63) is 85.9 Å². The Morgan fingerprint density at radius 3 is 2.03 bits per heavy atom. The molecule has 4 rings (SSSR count). The predicted molar refractivity (Wildman–Crippen MR) is 122 cm³/mol. The maximum absolute atomic E-state index is 13.4. The number of halogens is 2. The average molecular weight is 502 g/mol. The molecule has 0 saturated carbocycles. The van der Waals surface area contributed by atoms with Crippen LogP contribution in [0, 0.1) is 22.0 Å². The van der Waals surface area contributed by atoms with Crippen LogP contribution in [0.2, 0.25) is 10.0 Å². The van der Waals surface area contributed by atoms with Crippen molar-refractivity contribution in [2.45, 2.75) is 12.8 Å². The van der Waals surface area contributed by atoms with Crippen LogP contribution in [0.15, 0.2) is 54.6 Å². The lowest BCUT2D eigenvalue weighted by molar-refractivity contribution is -0.384. The summed E-state index contributed by atoms with van der Waals surface area (Å²) in [5, 5.41) is 12.7. The first-order valence-electron chi connectivity index (χ1n) is 10.3. The minimum Gasteiger partial charge on any atom is -0.292 e. The summed E-state index contributed by atoms with van der Waals surface area (Å²) in [4.78, 5) is 63.0. The lowest BCUT2D eigenvalue weighted by Gasteiger charge is -2.30. The van der Waals surface area contributed by atoms with Gasteiger partial charge in [0.25, 0.3) is 23.4 Å². The molecule has 11 heteroatoms. The van der Waals surface area contributed by atoms with Crippen LogP contribution in [0.4, 0.5) is 5.69 Å². The molecular formula is C23H17Cl2N3O6. The summed E-state index contributed by atoms with van der Waals surface area (Å²) in [6.45, 7) is -0.638. The fourth-order valence-electron chi connectivity index (χ4n) is 4.03. The standard InChI is InChI=1S/C23H17Cl2N3O6/c24-18-10-7-14(11-19(18)25)21(30)26(12-20(29)13-5-8-15(9-6-13)28(33)34)27-22(31)16-3-1-2-4-17(16)23(27)32/h1-2,5-11,16-17H,3-4,12H2/t16-,17-/m0/s1. The maximum Gasteiger partial charge on any atom is 0.273 e. The molecule has 0 N–H and O–H groups in total. The van der Waals surface area contributed by atoms with Gasteiger partial charge in [-0.05, 0) is 43.2 Å². The minimum atomic E-state index is -0.790. The number of carbonyl (C=O) groups excluding carboxylic acids is 4. The number of allylic oxidation sites excluding steroid dienone is 2. The number of rotatable bonds is 6. The third-order valence-electron chi connectivity index (χ3n) is 5.82. The number of fused-ring (bicyclic) bond motifs is 1.